The molecule has 130 valence electrons. The number of hydrogen-bond acceptors (Lipinski definition) is 3. The first-order valence-electron chi connectivity index (χ1n) is 7.94. The number of hydrogen-bond donors (Lipinski definition) is 2. The zero-order valence-electron chi connectivity index (χ0n) is 14.0. The number of nitrogens with one attached hydrogen (secondary N) is 1. The van der Waals surface area contributed by atoms with Crippen LogP contribution >= 0.6 is 0 Å². The van der Waals surface area contributed by atoms with Gasteiger partial charge >= 0.3 is 5.97 Å². The lowest BCUT2D eigenvalue weighted by Gasteiger charge is -2.19. The zero-order chi connectivity index (χ0) is 18.1. The van der Waals surface area contributed by atoms with Crippen LogP contribution in [0.15, 0.2) is 66.7 Å². The van der Waals surface area contributed by atoms with Gasteiger partial charge in [-0.15, -0.1) is 0 Å². The van der Waals surface area contributed by atoms with Gasteiger partial charge in [-0.2, -0.15) is 0 Å². The van der Waals surface area contributed by atoms with E-state index >= 15 is 0 Å². The van der Waals surface area contributed by atoms with Gasteiger partial charge in [-0.05, 0) is 17.5 Å². The molecule has 0 unspecified atom stereocenters. The molecule has 0 saturated carbocycles. The molecule has 0 heterocycles. The van der Waals surface area contributed by atoms with Gasteiger partial charge in [-0.25, -0.2) is 4.79 Å². The minimum atomic E-state index is -1.09. The van der Waals surface area contributed by atoms with Crippen LogP contribution in [0.3, 0.4) is 0 Å². The van der Waals surface area contributed by atoms with Crippen LogP contribution in [-0.2, 0) is 14.3 Å². The lowest BCUT2D eigenvalue weighted by molar-refractivity contribution is -0.143. The van der Waals surface area contributed by atoms with Crippen molar-refractivity contribution in [2.45, 2.75) is 18.6 Å². The smallest absolute Gasteiger partial charge is 0.326 e. The fraction of sp³-hybridized carbons (Fsp3) is 0.200. The summed E-state index contributed by atoms with van der Waals surface area (Å²) in [5.74, 6) is -1.57. The monoisotopic (exact) mass is 339 g/mol. The lowest BCUT2D eigenvalue weighted by atomic mass is 10.1. The van der Waals surface area contributed by atoms with Crippen LogP contribution in [0.2, 0.25) is 0 Å². The Labute approximate surface area is 146 Å². The molecule has 2 aromatic carbocycles. The van der Waals surface area contributed by atoms with E-state index in [1.807, 2.05) is 42.5 Å². The molecular weight excluding hydrogens is 318 g/mol. The Balaban J connectivity index is 2.01. The summed E-state index contributed by atoms with van der Waals surface area (Å²) in [5, 5.41) is 11.9. The molecule has 0 bridgehead atoms. The van der Waals surface area contributed by atoms with Crippen LogP contribution in [-0.4, -0.2) is 30.1 Å². The van der Waals surface area contributed by atoms with E-state index in [4.69, 9.17) is 4.74 Å². The van der Waals surface area contributed by atoms with Crippen molar-refractivity contribution < 1.29 is 19.4 Å². The van der Waals surface area contributed by atoms with Gasteiger partial charge in [0.15, 0.2) is 6.10 Å². The van der Waals surface area contributed by atoms with E-state index in [-0.39, 0.29) is 6.42 Å². The van der Waals surface area contributed by atoms with Gasteiger partial charge in [0.2, 0.25) is 0 Å². The molecule has 2 N–H and O–H groups in total. The summed E-state index contributed by atoms with van der Waals surface area (Å²) in [7, 11) is 1.42. The Morgan fingerprint density at radius 3 is 2.24 bits per heavy atom. The first kappa shape index (κ1) is 18.4. The zero-order valence-corrected chi connectivity index (χ0v) is 14.0. The second-order valence-corrected chi connectivity index (χ2v) is 5.47. The number of carboxylic acids is 1. The van der Waals surface area contributed by atoms with Crippen molar-refractivity contribution in [2.24, 2.45) is 0 Å². The SMILES string of the molecule is CO[C@H](C(=O)N[C@H](C/C=C/c1ccccc1)C(=O)O)c1ccccc1. The molecule has 0 saturated heterocycles. The fourth-order valence-electron chi connectivity index (χ4n) is 2.40. The average Bonchev–Trinajstić information content (AvgIpc) is 2.63. The van der Waals surface area contributed by atoms with Crippen LogP contribution < -0.4 is 5.32 Å². The van der Waals surface area contributed by atoms with Crippen LogP contribution in [0.4, 0.5) is 0 Å². The van der Waals surface area contributed by atoms with Gasteiger partial charge in [-0.1, -0.05) is 72.8 Å². The quantitative estimate of drug-likeness (QED) is 0.775. The standard InChI is InChI=1S/C20H21NO4/c1-25-18(16-12-6-3-7-13-16)19(22)21-17(20(23)24)14-8-11-15-9-4-2-5-10-15/h2-13,17-18H,14H2,1H3,(H,21,22)(H,23,24)/b11-8+/t17-,18+/m1/s1. The number of aliphatic carboxylic acids is 1. The van der Waals surface area contributed by atoms with E-state index in [1.54, 1.807) is 30.3 Å². The molecule has 25 heavy (non-hydrogen) atoms. The maximum absolute atomic E-state index is 12.4. The number of carbonyl (C=O) groups excluding carboxylic acids is 1. The van der Waals surface area contributed by atoms with Gasteiger partial charge in [0.05, 0.1) is 0 Å². The molecule has 2 rings (SSSR count). The van der Waals surface area contributed by atoms with Crippen molar-refractivity contribution in [3.05, 3.63) is 77.9 Å². The summed E-state index contributed by atoms with van der Waals surface area (Å²) >= 11 is 0. The average molecular weight is 339 g/mol. The maximum atomic E-state index is 12.4. The summed E-state index contributed by atoms with van der Waals surface area (Å²) in [6.07, 6.45) is 2.90. The molecule has 0 aliphatic rings. The first-order valence-corrected chi connectivity index (χ1v) is 7.94. The number of rotatable bonds is 8. The third-order valence-electron chi connectivity index (χ3n) is 3.67. The highest BCUT2D eigenvalue weighted by Crippen LogP contribution is 2.16. The van der Waals surface area contributed by atoms with Gasteiger partial charge in [-0.3, -0.25) is 4.79 Å². The topological polar surface area (TPSA) is 75.6 Å². The highest BCUT2D eigenvalue weighted by atomic mass is 16.5. The van der Waals surface area contributed by atoms with Gasteiger partial charge in [0, 0.05) is 7.11 Å². The molecule has 0 radical (unpaired) electrons. The molecule has 5 nitrogen and oxygen atoms in total. The summed E-state index contributed by atoms with van der Waals surface area (Å²) in [6.45, 7) is 0. The molecule has 1 amide bonds. The minimum Gasteiger partial charge on any atom is -0.480 e. The number of benzene rings is 2. The first-order chi connectivity index (χ1) is 12.1. The number of carbonyl (C=O) groups is 2. The van der Waals surface area contributed by atoms with Crippen molar-refractivity contribution in [1.29, 1.82) is 0 Å². The van der Waals surface area contributed by atoms with E-state index in [2.05, 4.69) is 5.32 Å². The molecule has 0 aromatic heterocycles. The molecule has 0 aliphatic heterocycles. The van der Waals surface area contributed by atoms with Crippen molar-refractivity contribution in [2.75, 3.05) is 7.11 Å². The second kappa shape index (κ2) is 9.39. The van der Waals surface area contributed by atoms with Crippen molar-refractivity contribution in [3.63, 3.8) is 0 Å². The maximum Gasteiger partial charge on any atom is 0.326 e. The Hall–Kier alpha value is -2.92. The highest BCUT2D eigenvalue weighted by molar-refractivity contribution is 5.87. The summed E-state index contributed by atoms with van der Waals surface area (Å²) in [6, 6.07) is 17.5. The number of amides is 1. The predicted octanol–water partition coefficient (Wildman–Crippen LogP) is 3.05. The minimum absolute atomic E-state index is 0.182. The highest BCUT2D eigenvalue weighted by Gasteiger charge is 2.25. The number of methoxy groups -OCH3 is 1. The van der Waals surface area contributed by atoms with Gasteiger partial charge in [0.1, 0.15) is 6.04 Å². The fourth-order valence-corrected chi connectivity index (χ4v) is 2.40. The normalized spacial score (nSPS) is 13.3. The van der Waals surface area contributed by atoms with Crippen molar-refractivity contribution >= 4 is 18.0 Å². The Kier molecular flexibility index (Phi) is 6.92. The van der Waals surface area contributed by atoms with Crippen LogP contribution in [0.25, 0.3) is 6.08 Å². The van der Waals surface area contributed by atoms with Gasteiger partial charge in [0.25, 0.3) is 5.91 Å². The summed E-state index contributed by atoms with van der Waals surface area (Å²) in [5.41, 5.74) is 1.64. The van der Waals surface area contributed by atoms with Crippen LogP contribution in [0.5, 0.6) is 0 Å². The van der Waals surface area contributed by atoms with Crippen molar-refractivity contribution in [3.8, 4) is 0 Å². The van der Waals surface area contributed by atoms with Gasteiger partial charge < -0.3 is 15.2 Å². The molecule has 5 heteroatoms. The Morgan fingerprint density at radius 2 is 1.68 bits per heavy atom. The van der Waals surface area contributed by atoms with Crippen molar-refractivity contribution in [1.82, 2.24) is 5.32 Å². The molecule has 0 spiro atoms. The third kappa shape index (κ3) is 5.58. The lowest BCUT2D eigenvalue weighted by Crippen LogP contribution is -2.43. The van der Waals surface area contributed by atoms with Crippen LogP contribution in [0, 0.1) is 0 Å². The largest absolute Gasteiger partial charge is 0.480 e. The number of carboxylic acid groups (broad SMARTS) is 1. The third-order valence-corrected chi connectivity index (χ3v) is 3.67. The molecule has 0 fully saturated rings. The van der Waals surface area contributed by atoms with E-state index in [0.29, 0.717) is 5.56 Å². The number of ether oxygens (including phenoxy) is 1. The van der Waals surface area contributed by atoms with E-state index in [0.717, 1.165) is 5.56 Å². The molecule has 2 aromatic rings. The van der Waals surface area contributed by atoms with E-state index < -0.39 is 24.0 Å². The van der Waals surface area contributed by atoms with Crippen LogP contribution in [0.1, 0.15) is 23.7 Å². The molecular formula is C20H21NO4. The van der Waals surface area contributed by atoms with E-state index in [1.165, 1.54) is 7.11 Å². The second-order valence-electron chi connectivity index (χ2n) is 5.47. The molecule has 0 aliphatic carbocycles. The Morgan fingerprint density at radius 1 is 1.08 bits per heavy atom. The summed E-state index contributed by atoms with van der Waals surface area (Å²) in [4.78, 5) is 23.8. The van der Waals surface area contributed by atoms with E-state index in [9.17, 15) is 14.7 Å². The summed E-state index contributed by atoms with van der Waals surface area (Å²) < 4.78 is 5.23. The Bertz CT molecular complexity index is 713. The predicted molar refractivity (Wildman–Crippen MR) is 95.9 cm³/mol. The molecule has 2 atom stereocenters.